The quantitative estimate of drug-likeness (QED) is 0.486. The standard InChI is InChI=1S/C8H6N2O2/c9-5-7-2-1-3-8(4-7)6-10(11)12/h1-4H,6H2. The second kappa shape index (κ2) is 3.49. The zero-order chi connectivity index (χ0) is 8.97. The summed E-state index contributed by atoms with van der Waals surface area (Å²) >= 11 is 0. The molecule has 1 rings (SSSR count). The Morgan fingerprint density at radius 3 is 2.92 bits per heavy atom. The molecular formula is C8H6N2O2. The van der Waals surface area contributed by atoms with Gasteiger partial charge in [-0.3, -0.25) is 10.1 Å². The van der Waals surface area contributed by atoms with Gasteiger partial charge in [0.1, 0.15) is 0 Å². The third kappa shape index (κ3) is 2.06. The molecule has 4 nitrogen and oxygen atoms in total. The molecule has 0 aliphatic heterocycles. The minimum absolute atomic E-state index is 0.227. The van der Waals surface area contributed by atoms with Crippen molar-refractivity contribution in [2.75, 3.05) is 0 Å². The maximum Gasteiger partial charge on any atom is 0.228 e. The number of hydrogen-bond acceptors (Lipinski definition) is 3. The van der Waals surface area contributed by atoms with Gasteiger partial charge in [0.2, 0.25) is 6.54 Å². The fraction of sp³-hybridized carbons (Fsp3) is 0.125. The van der Waals surface area contributed by atoms with Crippen LogP contribution in [0.3, 0.4) is 0 Å². The molecule has 0 spiro atoms. The van der Waals surface area contributed by atoms with Crippen LogP contribution in [0.25, 0.3) is 0 Å². The first-order chi connectivity index (χ1) is 5.72. The summed E-state index contributed by atoms with van der Waals surface area (Å²) in [7, 11) is 0. The molecule has 0 aliphatic rings. The van der Waals surface area contributed by atoms with Crippen LogP contribution in [0.4, 0.5) is 0 Å². The molecule has 0 saturated heterocycles. The van der Waals surface area contributed by atoms with Gasteiger partial charge >= 0.3 is 0 Å². The van der Waals surface area contributed by atoms with E-state index >= 15 is 0 Å². The van der Waals surface area contributed by atoms with Crippen molar-refractivity contribution in [1.29, 1.82) is 5.26 Å². The first-order valence-corrected chi connectivity index (χ1v) is 3.33. The van der Waals surface area contributed by atoms with Crippen LogP contribution in [0.2, 0.25) is 0 Å². The molecule has 1 aromatic carbocycles. The fourth-order valence-corrected chi connectivity index (χ4v) is 0.888. The Labute approximate surface area is 69.2 Å². The molecule has 0 heterocycles. The van der Waals surface area contributed by atoms with Crippen molar-refractivity contribution < 1.29 is 4.92 Å². The van der Waals surface area contributed by atoms with Crippen molar-refractivity contribution in [3.63, 3.8) is 0 Å². The smallest absolute Gasteiger partial charge is 0.228 e. The second-order valence-electron chi connectivity index (χ2n) is 2.30. The van der Waals surface area contributed by atoms with E-state index in [9.17, 15) is 10.1 Å². The summed E-state index contributed by atoms with van der Waals surface area (Å²) in [5, 5.41) is 18.6. The summed E-state index contributed by atoms with van der Waals surface area (Å²) in [6.07, 6.45) is 0. The predicted molar refractivity (Wildman–Crippen MR) is 41.9 cm³/mol. The molecule has 0 amide bonds. The van der Waals surface area contributed by atoms with Crippen LogP contribution in [0.15, 0.2) is 24.3 Å². The Morgan fingerprint density at radius 1 is 1.58 bits per heavy atom. The van der Waals surface area contributed by atoms with Crippen molar-refractivity contribution in [3.8, 4) is 6.07 Å². The number of rotatable bonds is 2. The number of benzene rings is 1. The molecule has 0 saturated carbocycles. The highest BCUT2D eigenvalue weighted by Crippen LogP contribution is 2.04. The highest BCUT2D eigenvalue weighted by atomic mass is 16.6. The minimum atomic E-state index is -0.420. The molecule has 0 N–H and O–H groups in total. The average molecular weight is 162 g/mol. The molecule has 12 heavy (non-hydrogen) atoms. The molecule has 0 aromatic heterocycles. The Balaban J connectivity index is 2.88. The number of nitrogens with zero attached hydrogens (tertiary/aromatic N) is 2. The molecule has 0 aliphatic carbocycles. The normalized spacial score (nSPS) is 8.92. The van der Waals surface area contributed by atoms with E-state index in [0.29, 0.717) is 11.1 Å². The summed E-state index contributed by atoms with van der Waals surface area (Å²) in [6, 6.07) is 8.31. The van der Waals surface area contributed by atoms with Gasteiger partial charge in [0.15, 0.2) is 0 Å². The van der Waals surface area contributed by atoms with E-state index in [2.05, 4.69) is 0 Å². The molecule has 0 unspecified atom stereocenters. The molecule has 4 heteroatoms. The van der Waals surface area contributed by atoms with Crippen LogP contribution in [0.5, 0.6) is 0 Å². The second-order valence-corrected chi connectivity index (χ2v) is 2.30. The first kappa shape index (κ1) is 8.21. The Morgan fingerprint density at radius 2 is 2.33 bits per heavy atom. The molecule has 1 aromatic rings. The number of nitro groups is 1. The zero-order valence-electron chi connectivity index (χ0n) is 6.23. The lowest BCUT2D eigenvalue weighted by atomic mass is 10.1. The summed E-state index contributed by atoms with van der Waals surface area (Å²) in [5.74, 6) is 0. The Kier molecular flexibility index (Phi) is 2.38. The van der Waals surface area contributed by atoms with Crippen LogP contribution >= 0.6 is 0 Å². The van der Waals surface area contributed by atoms with E-state index in [1.165, 1.54) is 6.07 Å². The van der Waals surface area contributed by atoms with E-state index in [1.807, 2.05) is 6.07 Å². The molecule has 60 valence electrons. The predicted octanol–water partition coefficient (Wildman–Crippen LogP) is 1.33. The Hall–Kier alpha value is -1.89. The Bertz CT molecular complexity index is 341. The highest BCUT2D eigenvalue weighted by Gasteiger charge is 2.00. The minimum Gasteiger partial charge on any atom is -0.264 e. The van der Waals surface area contributed by atoms with Gasteiger partial charge in [-0.15, -0.1) is 0 Å². The van der Waals surface area contributed by atoms with Gasteiger partial charge in [-0.05, 0) is 12.1 Å². The lowest BCUT2D eigenvalue weighted by molar-refractivity contribution is -0.496. The van der Waals surface area contributed by atoms with Crippen molar-refractivity contribution in [3.05, 3.63) is 45.5 Å². The average Bonchev–Trinajstić information content (AvgIpc) is 2.03. The lowest BCUT2D eigenvalue weighted by Crippen LogP contribution is -1.97. The molecular weight excluding hydrogens is 156 g/mol. The van der Waals surface area contributed by atoms with Gasteiger partial charge in [0.25, 0.3) is 0 Å². The number of hydrogen-bond donors (Lipinski definition) is 0. The molecule has 0 atom stereocenters. The van der Waals surface area contributed by atoms with Gasteiger partial charge in [0.05, 0.1) is 11.6 Å². The van der Waals surface area contributed by atoms with Gasteiger partial charge in [0, 0.05) is 10.5 Å². The maximum absolute atomic E-state index is 10.1. The fourth-order valence-electron chi connectivity index (χ4n) is 0.888. The van der Waals surface area contributed by atoms with E-state index in [1.54, 1.807) is 18.2 Å². The first-order valence-electron chi connectivity index (χ1n) is 3.33. The lowest BCUT2D eigenvalue weighted by Gasteiger charge is -1.93. The van der Waals surface area contributed by atoms with Crippen LogP contribution in [0, 0.1) is 21.4 Å². The number of nitriles is 1. The van der Waals surface area contributed by atoms with Crippen molar-refractivity contribution in [2.24, 2.45) is 0 Å². The zero-order valence-corrected chi connectivity index (χ0v) is 6.23. The van der Waals surface area contributed by atoms with Crippen LogP contribution in [-0.2, 0) is 6.54 Å². The van der Waals surface area contributed by atoms with E-state index in [4.69, 9.17) is 5.26 Å². The van der Waals surface area contributed by atoms with E-state index < -0.39 is 4.92 Å². The molecule has 0 radical (unpaired) electrons. The van der Waals surface area contributed by atoms with Crippen molar-refractivity contribution >= 4 is 0 Å². The van der Waals surface area contributed by atoms with Crippen LogP contribution in [0.1, 0.15) is 11.1 Å². The van der Waals surface area contributed by atoms with E-state index in [-0.39, 0.29) is 6.54 Å². The third-order valence-corrected chi connectivity index (χ3v) is 1.37. The third-order valence-electron chi connectivity index (χ3n) is 1.37. The topological polar surface area (TPSA) is 66.9 Å². The molecule has 0 bridgehead atoms. The van der Waals surface area contributed by atoms with Gasteiger partial charge in [-0.2, -0.15) is 5.26 Å². The van der Waals surface area contributed by atoms with Gasteiger partial charge < -0.3 is 0 Å². The highest BCUT2D eigenvalue weighted by molar-refractivity contribution is 5.32. The van der Waals surface area contributed by atoms with Crippen molar-refractivity contribution in [2.45, 2.75) is 6.54 Å². The largest absolute Gasteiger partial charge is 0.264 e. The van der Waals surface area contributed by atoms with E-state index in [0.717, 1.165) is 0 Å². The molecule has 0 fully saturated rings. The van der Waals surface area contributed by atoms with Gasteiger partial charge in [-0.25, -0.2) is 0 Å². The SMILES string of the molecule is N#Cc1cccc(C[N+](=O)[O-])c1. The summed E-state index contributed by atoms with van der Waals surface area (Å²) in [4.78, 5) is 9.67. The monoisotopic (exact) mass is 162 g/mol. The van der Waals surface area contributed by atoms with Crippen molar-refractivity contribution in [1.82, 2.24) is 0 Å². The van der Waals surface area contributed by atoms with Gasteiger partial charge in [-0.1, -0.05) is 12.1 Å². The summed E-state index contributed by atoms with van der Waals surface area (Å²) in [5.41, 5.74) is 1.01. The maximum atomic E-state index is 10.1. The van der Waals surface area contributed by atoms with Crippen LogP contribution in [-0.4, -0.2) is 4.92 Å². The summed E-state index contributed by atoms with van der Waals surface area (Å²) < 4.78 is 0. The van der Waals surface area contributed by atoms with Crippen LogP contribution < -0.4 is 0 Å². The summed E-state index contributed by atoms with van der Waals surface area (Å²) in [6.45, 7) is -0.227.